The van der Waals surface area contributed by atoms with Gasteiger partial charge in [0.05, 0.1) is 13.2 Å². The van der Waals surface area contributed by atoms with Crippen LogP contribution in [0.5, 0.6) is 5.75 Å². The summed E-state index contributed by atoms with van der Waals surface area (Å²) in [6, 6.07) is 8.27. The van der Waals surface area contributed by atoms with Crippen LogP contribution in [-0.4, -0.2) is 68.3 Å². The van der Waals surface area contributed by atoms with Gasteiger partial charge in [-0.25, -0.2) is 0 Å². The maximum absolute atomic E-state index is 12.8. The molecule has 0 spiro atoms. The van der Waals surface area contributed by atoms with Gasteiger partial charge in [-0.15, -0.1) is 0 Å². The van der Waals surface area contributed by atoms with Gasteiger partial charge < -0.3 is 19.3 Å². The molecule has 0 bridgehead atoms. The highest BCUT2D eigenvalue weighted by Crippen LogP contribution is 2.24. The van der Waals surface area contributed by atoms with Crippen molar-refractivity contribution in [2.75, 3.05) is 40.4 Å². The average Bonchev–Trinajstić information content (AvgIpc) is 3.30. The van der Waals surface area contributed by atoms with Crippen molar-refractivity contribution in [3.63, 3.8) is 0 Å². The quantitative estimate of drug-likeness (QED) is 0.760. The first kappa shape index (κ1) is 18.2. The van der Waals surface area contributed by atoms with E-state index in [1.165, 1.54) is 25.9 Å². The molecule has 3 rings (SSSR count). The largest absolute Gasteiger partial charge is 0.497 e. The molecule has 0 unspecified atom stereocenters. The smallest absolute Gasteiger partial charge is 0.223 e. The summed E-state index contributed by atoms with van der Waals surface area (Å²) in [5, 5.41) is 0. The maximum Gasteiger partial charge on any atom is 0.223 e. The first-order valence-corrected chi connectivity index (χ1v) is 9.37. The van der Waals surface area contributed by atoms with Crippen LogP contribution in [0.1, 0.15) is 31.2 Å². The number of hydrogen-bond acceptors (Lipinski definition) is 4. The molecule has 2 saturated heterocycles. The molecule has 138 valence electrons. The molecule has 2 aliphatic rings. The number of likely N-dealkylation sites (tertiary alicyclic amines) is 2. The molecule has 1 aromatic rings. The fourth-order valence-electron chi connectivity index (χ4n) is 4.01. The van der Waals surface area contributed by atoms with Crippen LogP contribution in [0.2, 0.25) is 0 Å². The number of aryl methyl sites for hydroxylation is 1. The highest BCUT2D eigenvalue weighted by atomic mass is 16.5. The van der Waals surface area contributed by atoms with Gasteiger partial charge >= 0.3 is 0 Å². The van der Waals surface area contributed by atoms with E-state index in [4.69, 9.17) is 9.47 Å². The average molecular weight is 346 g/mol. The van der Waals surface area contributed by atoms with Crippen LogP contribution in [-0.2, 0) is 16.0 Å². The predicted molar refractivity (Wildman–Crippen MR) is 97.9 cm³/mol. The zero-order valence-corrected chi connectivity index (χ0v) is 15.4. The van der Waals surface area contributed by atoms with E-state index in [1.54, 1.807) is 14.2 Å². The van der Waals surface area contributed by atoms with Crippen molar-refractivity contribution in [1.82, 2.24) is 9.80 Å². The molecule has 2 aliphatic heterocycles. The van der Waals surface area contributed by atoms with Crippen molar-refractivity contribution in [1.29, 1.82) is 0 Å². The summed E-state index contributed by atoms with van der Waals surface area (Å²) in [6.07, 6.45) is 4.99. The monoisotopic (exact) mass is 346 g/mol. The molecule has 2 atom stereocenters. The van der Waals surface area contributed by atoms with E-state index in [9.17, 15) is 4.79 Å². The number of methoxy groups -OCH3 is 2. The third-order valence-electron chi connectivity index (χ3n) is 5.46. The van der Waals surface area contributed by atoms with Gasteiger partial charge in [-0.2, -0.15) is 0 Å². The molecular formula is C20H30N2O3. The van der Waals surface area contributed by atoms with Gasteiger partial charge in [0.15, 0.2) is 0 Å². The lowest BCUT2D eigenvalue weighted by Crippen LogP contribution is -2.42. The Morgan fingerprint density at radius 2 is 2.04 bits per heavy atom. The minimum atomic E-state index is 0.174. The number of carbonyl (C=O) groups excluding carboxylic acids is 1. The lowest BCUT2D eigenvalue weighted by molar-refractivity contribution is -0.132. The van der Waals surface area contributed by atoms with Gasteiger partial charge in [-0.05, 0) is 56.5 Å². The van der Waals surface area contributed by atoms with Crippen molar-refractivity contribution in [2.24, 2.45) is 0 Å². The Hall–Kier alpha value is -1.59. The maximum atomic E-state index is 12.8. The van der Waals surface area contributed by atoms with Gasteiger partial charge in [-0.3, -0.25) is 4.79 Å². The van der Waals surface area contributed by atoms with E-state index in [-0.39, 0.29) is 12.0 Å². The fourth-order valence-corrected chi connectivity index (χ4v) is 4.01. The van der Waals surface area contributed by atoms with Crippen molar-refractivity contribution in [3.05, 3.63) is 29.8 Å². The Morgan fingerprint density at radius 1 is 1.24 bits per heavy atom. The minimum Gasteiger partial charge on any atom is -0.497 e. The highest BCUT2D eigenvalue weighted by molar-refractivity contribution is 5.77. The third-order valence-corrected chi connectivity index (χ3v) is 5.46. The highest BCUT2D eigenvalue weighted by Gasteiger charge is 2.36. The van der Waals surface area contributed by atoms with Crippen molar-refractivity contribution >= 4 is 5.91 Å². The normalized spacial score (nSPS) is 24.0. The molecule has 0 radical (unpaired) electrons. The van der Waals surface area contributed by atoms with Gasteiger partial charge in [0.2, 0.25) is 5.91 Å². The van der Waals surface area contributed by atoms with E-state index in [0.29, 0.717) is 12.5 Å². The Morgan fingerprint density at radius 3 is 2.76 bits per heavy atom. The standard InChI is InChI=1S/C20H30N2O3/c1-24-18-7-5-6-16(12-18)8-9-20(23)22-15-19(25-2)13-17(22)14-21-10-3-4-11-21/h5-7,12,17,19H,3-4,8-11,13-15H2,1-2H3/t17-,19-/m0/s1. The van der Waals surface area contributed by atoms with Gasteiger partial charge in [-0.1, -0.05) is 12.1 Å². The van der Waals surface area contributed by atoms with E-state index < -0.39 is 0 Å². The molecule has 5 heteroatoms. The number of ether oxygens (including phenoxy) is 2. The Bertz CT molecular complexity index is 572. The van der Waals surface area contributed by atoms with Gasteiger partial charge in [0.25, 0.3) is 0 Å². The van der Waals surface area contributed by atoms with Crippen molar-refractivity contribution in [3.8, 4) is 5.75 Å². The molecule has 0 aliphatic carbocycles. The zero-order chi connectivity index (χ0) is 17.6. The van der Waals surface area contributed by atoms with Gasteiger partial charge in [0, 0.05) is 32.7 Å². The molecule has 1 aromatic carbocycles. The minimum absolute atomic E-state index is 0.174. The molecular weight excluding hydrogens is 316 g/mol. The van der Waals surface area contributed by atoms with Crippen LogP contribution in [0.15, 0.2) is 24.3 Å². The molecule has 0 aromatic heterocycles. The predicted octanol–water partition coefficient (Wildman–Crippen LogP) is 2.34. The molecule has 0 N–H and O–H groups in total. The van der Waals surface area contributed by atoms with Crippen LogP contribution in [0, 0.1) is 0 Å². The first-order valence-electron chi connectivity index (χ1n) is 9.37. The van der Waals surface area contributed by atoms with Crippen LogP contribution in [0.4, 0.5) is 0 Å². The van der Waals surface area contributed by atoms with E-state index in [1.807, 2.05) is 18.2 Å². The van der Waals surface area contributed by atoms with Gasteiger partial charge in [0.1, 0.15) is 5.75 Å². The Balaban J connectivity index is 1.57. The lowest BCUT2D eigenvalue weighted by atomic mass is 10.1. The summed E-state index contributed by atoms with van der Waals surface area (Å²) in [5.41, 5.74) is 1.14. The number of amides is 1. The number of carbonyl (C=O) groups is 1. The summed E-state index contributed by atoms with van der Waals surface area (Å²) in [5.74, 6) is 1.09. The molecule has 25 heavy (non-hydrogen) atoms. The summed E-state index contributed by atoms with van der Waals surface area (Å²) in [6.45, 7) is 4.05. The summed E-state index contributed by atoms with van der Waals surface area (Å²) in [4.78, 5) is 17.4. The van der Waals surface area contributed by atoms with E-state index in [0.717, 1.165) is 37.2 Å². The Labute approximate surface area is 150 Å². The van der Waals surface area contributed by atoms with Crippen molar-refractivity contribution < 1.29 is 14.3 Å². The van der Waals surface area contributed by atoms with Crippen LogP contribution in [0.3, 0.4) is 0 Å². The third kappa shape index (κ3) is 4.73. The molecule has 2 heterocycles. The molecule has 1 amide bonds. The topological polar surface area (TPSA) is 42.0 Å². The van der Waals surface area contributed by atoms with E-state index in [2.05, 4.69) is 15.9 Å². The second-order valence-electron chi connectivity index (χ2n) is 7.15. The Kier molecular flexibility index (Phi) is 6.32. The number of hydrogen-bond donors (Lipinski definition) is 0. The number of nitrogens with zero attached hydrogens (tertiary/aromatic N) is 2. The number of rotatable bonds is 7. The number of benzene rings is 1. The lowest BCUT2D eigenvalue weighted by Gasteiger charge is -2.28. The van der Waals surface area contributed by atoms with Crippen molar-refractivity contribution in [2.45, 2.75) is 44.2 Å². The zero-order valence-electron chi connectivity index (χ0n) is 15.4. The first-order chi connectivity index (χ1) is 12.2. The van der Waals surface area contributed by atoms with Crippen LogP contribution < -0.4 is 4.74 Å². The second-order valence-corrected chi connectivity index (χ2v) is 7.15. The SMILES string of the molecule is COc1cccc(CCC(=O)N2C[C@@H](OC)C[C@H]2CN2CCCC2)c1. The summed E-state index contributed by atoms with van der Waals surface area (Å²) < 4.78 is 10.8. The van der Waals surface area contributed by atoms with Crippen LogP contribution in [0.25, 0.3) is 0 Å². The second kappa shape index (κ2) is 8.68. The summed E-state index contributed by atoms with van der Waals surface area (Å²) in [7, 11) is 3.42. The van der Waals surface area contributed by atoms with Crippen LogP contribution >= 0.6 is 0 Å². The fraction of sp³-hybridized carbons (Fsp3) is 0.650. The molecule has 0 saturated carbocycles. The molecule has 5 nitrogen and oxygen atoms in total. The molecule has 2 fully saturated rings. The van der Waals surface area contributed by atoms with E-state index >= 15 is 0 Å². The summed E-state index contributed by atoms with van der Waals surface area (Å²) >= 11 is 0.